The van der Waals surface area contributed by atoms with Crippen LogP contribution in [-0.2, 0) is 0 Å². The Morgan fingerprint density at radius 3 is 2.79 bits per heavy atom. The summed E-state index contributed by atoms with van der Waals surface area (Å²) in [5.41, 5.74) is 0.0804. The zero-order valence-corrected chi connectivity index (χ0v) is 7.11. The van der Waals surface area contributed by atoms with Gasteiger partial charge >= 0.3 is 0 Å². The maximum atomic E-state index is 12.4. The average Bonchev–Trinajstić information content (AvgIpc) is 2.16. The third-order valence-corrected chi connectivity index (χ3v) is 1.99. The fraction of sp³-hybridized carbons (Fsp3) is 0.100. The molecule has 0 spiro atoms. The summed E-state index contributed by atoms with van der Waals surface area (Å²) >= 11 is 0. The highest BCUT2D eigenvalue weighted by Crippen LogP contribution is 2.31. The lowest BCUT2D eigenvalue weighted by Gasteiger charge is -2.04. The fourth-order valence-electron chi connectivity index (χ4n) is 1.30. The molecule has 0 fully saturated rings. The molecule has 0 saturated heterocycles. The molecule has 1 N–H and O–H groups in total. The van der Waals surface area contributed by atoms with Crippen LogP contribution in [-0.4, -0.2) is 10.1 Å². The summed E-state index contributed by atoms with van der Waals surface area (Å²) in [5, 5.41) is 9.92. The van der Waals surface area contributed by atoms with Gasteiger partial charge < -0.3 is 5.11 Å². The molecule has 0 bridgehead atoms. The van der Waals surface area contributed by atoms with E-state index < -0.39 is 6.43 Å². The predicted octanol–water partition coefficient (Wildman–Crippen LogP) is 2.88. The molecule has 1 aromatic heterocycles. The Bertz CT molecular complexity index is 471. The third kappa shape index (κ3) is 1.39. The number of hydrogen-bond acceptors (Lipinski definition) is 2. The Morgan fingerprint density at radius 1 is 1.29 bits per heavy atom. The van der Waals surface area contributed by atoms with Crippen LogP contribution in [0.15, 0.2) is 30.5 Å². The van der Waals surface area contributed by atoms with E-state index in [0.29, 0.717) is 10.9 Å². The minimum atomic E-state index is -2.68. The van der Waals surface area contributed by atoms with E-state index in [9.17, 15) is 13.9 Å². The molecule has 0 saturated carbocycles. The Hall–Kier alpha value is -1.71. The van der Waals surface area contributed by atoms with Crippen molar-refractivity contribution < 1.29 is 13.9 Å². The lowest BCUT2D eigenvalue weighted by molar-refractivity contribution is 0.147. The smallest absolute Gasteiger partial charge is 0.267 e. The van der Waals surface area contributed by atoms with Crippen LogP contribution in [0.1, 0.15) is 12.0 Å². The summed E-state index contributed by atoms with van der Waals surface area (Å²) < 4.78 is 24.7. The van der Waals surface area contributed by atoms with Crippen LogP contribution in [0.3, 0.4) is 0 Å². The second-order valence-electron chi connectivity index (χ2n) is 2.91. The maximum Gasteiger partial charge on any atom is 0.267 e. The molecule has 0 amide bonds. The second-order valence-corrected chi connectivity index (χ2v) is 2.91. The van der Waals surface area contributed by atoms with E-state index in [-0.39, 0.29) is 11.3 Å². The van der Waals surface area contributed by atoms with E-state index >= 15 is 0 Å². The van der Waals surface area contributed by atoms with E-state index in [1.165, 1.54) is 18.3 Å². The second kappa shape index (κ2) is 3.21. The summed E-state index contributed by atoms with van der Waals surface area (Å²) in [6, 6.07) is 5.89. The van der Waals surface area contributed by atoms with Crippen molar-refractivity contribution >= 4 is 10.9 Å². The van der Waals surface area contributed by atoms with Gasteiger partial charge in [0.1, 0.15) is 5.75 Å². The van der Waals surface area contributed by atoms with Crippen LogP contribution in [0, 0.1) is 0 Å². The molecule has 14 heavy (non-hydrogen) atoms. The summed E-state index contributed by atoms with van der Waals surface area (Å²) in [4.78, 5) is 3.92. The van der Waals surface area contributed by atoms with Crippen molar-refractivity contribution in [3.8, 4) is 5.75 Å². The lowest BCUT2D eigenvalue weighted by Crippen LogP contribution is -1.87. The molecule has 0 radical (unpaired) electrons. The quantitative estimate of drug-likeness (QED) is 0.758. The van der Waals surface area contributed by atoms with Gasteiger partial charge in [0, 0.05) is 11.6 Å². The highest BCUT2D eigenvalue weighted by Gasteiger charge is 2.13. The van der Waals surface area contributed by atoms with Crippen molar-refractivity contribution in [2.75, 3.05) is 0 Å². The first-order valence-corrected chi connectivity index (χ1v) is 4.04. The van der Waals surface area contributed by atoms with Gasteiger partial charge in [0.25, 0.3) is 6.43 Å². The Kier molecular flexibility index (Phi) is 2.04. The molecular weight excluding hydrogens is 188 g/mol. The van der Waals surface area contributed by atoms with Crippen molar-refractivity contribution in [3.05, 3.63) is 36.0 Å². The summed E-state index contributed by atoms with van der Waals surface area (Å²) in [6.45, 7) is 0. The zero-order chi connectivity index (χ0) is 10.1. The van der Waals surface area contributed by atoms with Gasteiger partial charge in [0.2, 0.25) is 0 Å². The number of hydrogen-bond donors (Lipinski definition) is 1. The largest absolute Gasteiger partial charge is 0.507 e. The van der Waals surface area contributed by atoms with Crippen molar-refractivity contribution in [2.24, 2.45) is 0 Å². The van der Waals surface area contributed by atoms with E-state index in [4.69, 9.17) is 0 Å². The first kappa shape index (κ1) is 8.87. The Labute approximate surface area is 78.8 Å². The van der Waals surface area contributed by atoms with E-state index in [1.54, 1.807) is 12.1 Å². The molecular formula is C10H7F2NO. The standard InChI is InChI=1S/C10H7F2NO/c11-10(12)7-5-8-6(4-9(7)14)2-1-3-13-8/h1-5,10,14H. The number of phenols is 1. The minimum Gasteiger partial charge on any atom is -0.507 e. The molecule has 0 aliphatic rings. The number of benzene rings is 1. The maximum absolute atomic E-state index is 12.4. The molecule has 0 atom stereocenters. The topological polar surface area (TPSA) is 33.1 Å². The highest BCUT2D eigenvalue weighted by molar-refractivity contribution is 5.81. The first-order chi connectivity index (χ1) is 6.68. The monoisotopic (exact) mass is 195 g/mol. The third-order valence-electron chi connectivity index (χ3n) is 1.99. The van der Waals surface area contributed by atoms with Crippen LogP contribution >= 0.6 is 0 Å². The highest BCUT2D eigenvalue weighted by atomic mass is 19.3. The minimum absolute atomic E-state index is 0.379. The molecule has 0 unspecified atom stereocenters. The fourth-order valence-corrected chi connectivity index (χ4v) is 1.30. The van der Waals surface area contributed by atoms with Gasteiger partial charge in [-0.1, -0.05) is 6.07 Å². The predicted molar refractivity (Wildman–Crippen MR) is 48.4 cm³/mol. The molecule has 2 nitrogen and oxygen atoms in total. The number of rotatable bonds is 1. The number of phenolic OH excluding ortho intramolecular Hbond substituents is 1. The van der Waals surface area contributed by atoms with Gasteiger partial charge in [-0.05, 0) is 18.2 Å². The van der Waals surface area contributed by atoms with Crippen LogP contribution < -0.4 is 0 Å². The van der Waals surface area contributed by atoms with Gasteiger partial charge in [0.05, 0.1) is 11.1 Å². The Morgan fingerprint density at radius 2 is 2.07 bits per heavy atom. The van der Waals surface area contributed by atoms with E-state index in [2.05, 4.69) is 4.98 Å². The van der Waals surface area contributed by atoms with Crippen LogP contribution in [0.2, 0.25) is 0 Å². The summed E-state index contributed by atoms with van der Waals surface area (Å²) in [6.07, 6.45) is -1.16. The SMILES string of the molecule is Oc1cc2cccnc2cc1C(F)F. The Balaban J connectivity index is 2.71. The molecule has 0 aliphatic heterocycles. The summed E-state index contributed by atoms with van der Waals surface area (Å²) in [5.74, 6) is -0.388. The average molecular weight is 195 g/mol. The number of aromatic nitrogens is 1. The van der Waals surface area contributed by atoms with E-state index in [0.717, 1.165) is 0 Å². The van der Waals surface area contributed by atoms with Crippen molar-refractivity contribution in [3.63, 3.8) is 0 Å². The van der Waals surface area contributed by atoms with Crippen molar-refractivity contribution in [1.29, 1.82) is 0 Å². The first-order valence-electron chi connectivity index (χ1n) is 4.04. The normalized spacial score (nSPS) is 11.1. The number of aromatic hydroxyl groups is 1. The number of pyridine rings is 1. The van der Waals surface area contributed by atoms with Crippen LogP contribution in [0.25, 0.3) is 10.9 Å². The van der Waals surface area contributed by atoms with Gasteiger partial charge in [0.15, 0.2) is 0 Å². The summed E-state index contributed by atoms with van der Waals surface area (Å²) in [7, 11) is 0. The molecule has 0 aliphatic carbocycles. The number of nitrogens with zero attached hydrogens (tertiary/aromatic N) is 1. The molecule has 1 heterocycles. The van der Waals surface area contributed by atoms with Crippen molar-refractivity contribution in [1.82, 2.24) is 4.98 Å². The molecule has 72 valence electrons. The van der Waals surface area contributed by atoms with E-state index in [1.807, 2.05) is 0 Å². The number of halogens is 2. The van der Waals surface area contributed by atoms with Crippen LogP contribution in [0.4, 0.5) is 8.78 Å². The van der Waals surface area contributed by atoms with Gasteiger partial charge in [-0.3, -0.25) is 4.98 Å². The molecule has 1 aromatic carbocycles. The molecule has 2 rings (SSSR count). The van der Waals surface area contributed by atoms with Crippen molar-refractivity contribution in [2.45, 2.75) is 6.43 Å². The number of fused-ring (bicyclic) bond motifs is 1. The van der Waals surface area contributed by atoms with Gasteiger partial charge in [-0.25, -0.2) is 8.78 Å². The zero-order valence-electron chi connectivity index (χ0n) is 7.11. The number of alkyl halides is 2. The van der Waals surface area contributed by atoms with Gasteiger partial charge in [-0.2, -0.15) is 0 Å². The lowest BCUT2D eigenvalue weighted by atomic mass is 10.1. The van der Waals surface area contributed by atoms with Gasteiger partial charge in [-0.15, -0.1) is 0 Å². The van der Waals surface area contributed by atoms with Crippen LogP contribution in [0.5, 0.6) is 5.75 Å². The molecule has 4 heteroatoms. The molecule has 2 aromatic rings.